The van der Waals surface area contributed by atoms with E-state index < -0.39 is 0 Å². The lowest BCUT2D eigenvalue weighted by Gasteiger charge is -2.08. The summed E-state index contributed by atoms with van der Waals surface area (Å²) in [6.07, 6.45) is 1.01. The lowest BCUT2D eigenvalue weighted by atomic mass is 10.1. The molecule has 3 nitrogen and oxygen atoms in total. The van der Waals surface area contributed by atoms with Crippen molar-refractivity contribution >= 4 is 15.9 Å². The zero-order chi connectivity index (χ0) is 13.1. The van der Waals surface area contributed by atoms with Gasteiger partial charge in [-0.15, -0.1) is 10.2 Å². The van der Waals surface area contributed by atoms with Crippen molar-refractivity contribution in [2.75, 3.05) is 0 Å². The van der Waals surface area contributed by atoms with Gasteiger partial charge in [0, 0.05) is 12.1 Å². The summed E-state index contributed by atoms with van der Waals surface area (Å²) in [5, 5.41) is 9.03. The average Bonchev–Trinajstić information content (AvgIpc) is 2.76. The number of rotatable bonds is 4. The van der Waals surface area contributed by atoms with Crippen molar-refractivity contribution in [1.82, 2.24) is 14.8 Å². The number of hydrogen-bond acceptors (Lipinski definition) is 2. The van der Waals surface area contributed by atoms with Crippen LogP contribution in [0.2, 0.25) is 0 Å². The summed E-state index contributed by atoms with van der Waals surface area (Å²) in [4.78, 5) is 0. The van der Waals surface area contributed by atoms with Gasteiger partial charge in [0.2, 0.25) is 0 Å². The Kier molecular flexibility index (Phi) is 4.11. The summed E-state index contributed by atoms with van der Waals surface area (Å²) in [7, 11) is 0. The Morgan fingerprint density at radius 2 is 2.11 bits per heavy atom. The van der Waals surface area contributed by atoms with Crippen LogP contribution in [0.15, 0.2) is 18.2 Å². The lowest BCUT2D eigenvalue weighted by molar-refractivity contribution is 0.618. The van der Waals surface area contributed by atoms with Gasteiger partial charge < -0.3 is 4.57 Å². The number of benzene rings is 1. The minimum atomic E-state index is -0.193. The van der Waals surface area contributed by atoms with Crippen LogP contribution in [0.1, 0.15) is 24.7 Å². The molecule has 96 valence electrons. The zero-order valence-electron chi connectivity index (χ0n) is 10.5. The Morgan fingerprint density at radius 1 is 1.33 bits per heavy atom. The summed E-state index contributed by atoms with van der Waals surface area (Å²) in [5.41, 5.74) is 1.53. The first-order valence-corrected chi connectivity index (χ1v) is 7.04. The molecule has 1 aromatic heterocycles. The molecule has 0 radical (unpaired) electrons. The van der Waals surface area contributed by atoms with E-state index in [4.69, 9.17) is 0 Å². The average molecular weight is 312 g/mol. The summed E-state index contributed by atoms with van der Waals surface area (Å²) in [6, 6.07) is 5.03. The highest BCUT2D eigenvalue weighted by atomic mass is 79.9. The van der Waals surface area contributed by atoms with Crippen molar-refractivity contribution in [3.8, 4) is 11.4 Å². The molecule has 1 aromatic carbocycles. The van der Waals surface area contributed by atoms with Crippen LogP contribution in [0.5, 0.6) is 0 Å². The number of alkyl halides is 1. The first-order chi connectivity index (χ1) is 8.67. The molecule has 1 heterocycles. The highest BCUT2D eigenvalue weighted by Crippen LogP contribution is 2.22. The molecule has 0 aliphatic carbocycles. The van der Waals surface area contributed by atoms with Crippen molar-refractivity contribution in [1.29, 1.82) is 0 Å². The van der Waals surface area contributed by atoms with E-state index >= 15 is 0 Å². The number of nitrogens with zero attached hydrogens (tertiary/aromatic N) is 3. The van der Waals surface area contributed by atoms with E-state index in [1.165, 1.54) is 6.07 Å². The van der Waals surface area contributed by atoms with Gasteiger partial charge in [-0.05, 0) is 37.1 Å². The monoisotopic (exact) mass is 311 g/mol. The van der Waals surface area contributed by atoms with Gasteiger partial charge in [0.15, 0.2) is 5.82 Å². The minimum Gasteiger partial charge on any atom is -0.310 e. The van der Waals surface area contributed by atoms with E-state index in [0.717, 1.165) is 30.2 Å². The molecule has 0 aliphatic rings. The molecule has 2 rings (SSSR count). The van der Waals surface area contributed by atoms with Crippen molar-refractivity contribution in [3.05, 3.63) is 35.4 Å². The third kappa shape index (κ3) is 2.46. The molecule has 0 aliphatic heterocycles. The van der Waals surface area contributed by atoms with Crippen LogP contribution in [0.4, 0.5) is 4.39 Å². The van der Waals surface area contributed by atoms with Crippen LogP contribution in [0.3, 0.4) is 0 Å². The van der Waals surface area contributed by atoms with E-state index in [1.807, 2.05) is 6.07 Å². The number of hydrogen-bond donors (Lipinski definition) is 0. The van der Waals surface area contributed by atoms with Gasteiger partial charge in [-0.3, -0.25) is 0 Å². The van der Waals surface area contributed by atoms with Crippen molar-refractivity contribution in [2.24, 2.45) is 0 Å². The van der Waals surface area contributed by atoms with E-state index in [9.17, 15) is 4.39 Å². The van der Waals surface area contributed by atoms with Gasteiger partial charge in [-0.25, -0.2) is 4.39 Å². The molecular formula is C13H15BrFN3. The fraction of sp³-hybridized carbons (Fsp3) is 0.385. The molecular weight excluding hydrogens is 297 g/mol. The van der Waals surface area contributed by atoms with Crippen molar-refractivity contribution < 1.29 is 4.39 Å². The fourth-order valence-corrected chi connectivity index (χ4v) is 2.30. The molecule has 5 heteroatoms. The Balaban J connectivity index is 2.49. The SMILES string of the molecule is CCCn1c(CBr)nnc1-c1ccc(F)c(C)c1. The van der Waals surface area contributed by atoms with Crippen LogP contribution in [0, 0.1) is 12.7 Å². The topological polar surface area (TPSA) is 30.7 Å². The summed E-state index contributed by atoms with van der Waals surface area (Å²) < 4.78 is 15.4. The van der Waals surface area contributed by atoms with Crippen LogP contribution in [-0.2, 0) is 11.9 Å². The fourth-order valence-electron chi connectivity index (χ4n) is 1.89. The smallest absolute Gasteiger partial charge is 0.163 e. The Bertz CT molecular complexity index is 551. The van der Waals surface area contributed by atoms with Crippen LogP contribution in [0.25, 0.3) is 11.4 Å². The van der Waals surface area contributed by atoms with Crippen LogP contribution < -0.4 is 0 Å². The predicted molar refractivity (Wildman–Crippen MR) is 73.1 cm³/mol. The van der Waals surface area contributed by atoms with Crippen molar-refractivity contribution in [3.63, 3.8) is 0 Å². The Labute approximate surface area is 114 Å². The number of aryl methyl sites for hydroxylation is 1. The molecule has 0 bridgehead atoms. The molecule has 0 spiro atoms. The molecule has 18 heavy (non-hydrogen) atoms. The molecule has 0 unspecified atom stereocenters. The van der Waals surface area contributed by atoms with E-state index in [-0.39, 0.29) is 5.82 Å². The lowest BCUT2D eigenvalue weighted by Crippen LogP contribution is -2.04. The summed E-state index contributed by atoms with van der Waals surface area (Å²) >= 11 is 3.41. The normalized spacial score (nSPS) is 10.9. The molecule has 0 saturated carbocycles. The second kappa shape index (κ2) is 5.61. The van der Waals surface area contributed by atoms with Crippen LogP contribution >= 0.6 is 15.9 Å². The summed E-state index contributed by atoms with van der Waals surface area (Å²) in [6.45, 7) is 4.72. The quantitative estimate of drug-likeness (QED) is 0.806. The second-order valence-corrected chi connectivity index (χ2v) is 4.75. The Hall–Kier alpha value is -1.23. The number of halogens is 2. The van der Waals surface area contributed by atoms with Gasteiger partial charge in [0.05, 0.1) is 5.33 Å². The van der Waals surface area contributed by atoms with E-state index in [0.29, 0.717) is 10.9 Å². The molecule has 0 atom stereocenters. The largest absolute Gasteiger partial charge is 0.310 e. The summed E-state index contributed by atoms with van der Waals surface area (Å²) in [5.74, 6) is 1.50. The maximum atomic E-state index is 13.3. The van der Waals surface area contributed by atoms with Crippen LogP contribution in [-0.4, -0.2) is 14.8 Å². The maximum absolute atomic E-state index is 13.3. The highest BCUT2D eigenvalue weighted by Gasteiger charge is 2.13. The molecule has 0 saturated heterocycles. The third-order valence-electron chi connectivity index (χ3n) is 2.81. The van der Waals surface area contributed by atoms with Gasteiger partial charge >= 0.3 is 0 Å². The predicted octanol–water partition coefficient (Wildman–Crippen LogP) is 3.70. The first kappa shape index (κ1) is 13.2. The zero-order valence-corrected chi connectivity index (χ0v) is 12.0. The van der Waals surface area contributed by atoms with E-state index in [2.05, 4.69) is 37.6 Å². The molecule has 2 aromatic rings. The number of aromatic nitrogens is 3. The first-order valence-electron chi connectivity index (χ1n) is 5.92. The molecule has 0 fully saturated rings. The van der Waals surface area contributed by atoms with E-state index in [1.54, 1.807) is 13.0 Å². The standard InChI is InChI=1S/C13H15BrFN3/c1-3-6-18-12(8-14)16-17-13(18)10-4-5-11(15)9(2)7-10/h4-5,7H,3,6,8H2,1-2H3. The molecule has 0 amide bonds. The maximum Gasteiger partial charge on any atom is 0.163 e. The molecule has 0 N–H and O–H groups in total. The van der Waals surface area contributed by atoms with Gasteiger partial charge in [-0.2, -0.15) is 0 Å². The van der Waals surface area contributed by atoms with Gasteiger partial charge in [0.25, 0.3) is 0 Å². The second-order valence-electron chi connectivity index (χ2n) is 4.19. The highest BCUT2D eigenvalue weighted by molar-refractivity contribution is 9.08. The third-order valence-corrected chi connectivity index (χ3v) is 3.31. The Morgan fingerprint density at radius 3 is 2.72 bits per heavy atom. The minimum absolute atomic E-state index is 0.193. The van der Waals surface area contributed by atoms with Gasteiger partial charge in [-0.1, -0.05) is 22.9 Å². The van der Waals surface area contributed by atoms with Crippen molar-refractivity contribution in [2.45, 2.75) is 32.1 Å². The van der Waals surface area contributed by atoms with Gasteiger partial charge in [0.1, 0.15) is 11.6 Å².